The molecule has 0 fully saturated rings. The second-order valence-corrected chi connectivity index (χ2v) is 7.16. The highest BCUT2D eigenvalue weighted by Crippen LogP contribution is 2.21. The van der Waals surface area contributed by atoms with E-state index < -0.39 is 0 Å². The first-order chi connectivity index (χ1) is 11.7. The van der Waals surface area contributed by atoms with Crippen molar-refractivity contribution in [3.63, 3.8) is 0 Å². The van der Waals surface area contributed by atoms with E-state index in [0.717, 1.165) is 21.8 Å². The quantitative estimate of drug-likeness (QED) is 0.459. The van der Waals surface area contributed by atoms with Crippen LogP contribution in [0.1, 0.15) is 17.4 Å². The van der Waals surface area contributed by atoms with Gasteiger partial charge in [-0.3, -0.25) is 4.99 Å². The Balaban J connectivity index is 2.13. The van der Waals surface area contributed by atoms with Crippen LogP contribution in [-0.4, -0.2) is 16.9 Å². The summed E-state index contributed by atoms with van der Waals surface area (Å²) >= 11 is 3.29. The predicted octanol–water partition coefficient (Wildman–Crippen LogP) is 4.95. The van der Waals surface area contributed by atoms with Crippen LogP contribution in [0.4, 0.5) is 0 Å². The molecule has 3 nitrogen and oxygen atoms in total. The summed E-state index contributed by atoms with van der Waals surface area (Å²) < 4.78 is 1.94. The third kappa shape index (κ3) is 3.63. The summed E-state index contributed by atoms with van der Waals surface area (Å²) in [5, 5.41) is 9.01. The molecule has 2 aromatic heterocycles. The third-order valence-electron chi connectivity index (χ3n) is 3.52. The first kappa shape index (κ1) is 16.6. The Morgan fingerprint density at radius 2 is 2.00 bits per heavy atom. The van der Waals surface area contributed by atoms with Crippen LogP contribution in [-0.2, 0) is 0 Å². The van der Waals surface area contributed by atoms with E-state index in [2.05, 4.69) is 59.6 Å². The number of rotatable bonds is 5. The lowest BCUT2D eigenvalue weighted by Gasteiger charge is -2.05. The highest BCUT2D eigenvalue weighted by molar-refractivity contribution is 7.12. The Hall–Kier alpha value is -2.24. The Morgan fingerprint density at radius 3 is 2.67 bits per heavy atom. The second-order valence-electron chi connectivity index (χ2n) is 5.37. The Kier molecular flexibility index (Phi) is 5.23. The Bertz CT molecular complexity index is 910. The van der Waals surface area contributed by atoms with Crippen LogP contribution < -0.4 is 4.80 Å². The maximum Gasteiger partial charge on any atom is 0.206 e. The van der Waals surface area contributed by atoms with Gasteiger partial charge in [-0.25, -0.2) is 4.68 Å². The highest BCUT2D eigenvalue weighted by Gasteiger charge is 2.09. The van der Waals surface area contributed by atoms with Crippen LogP contribution in [0.5, 0.6) is 0 Å². The molecule has 0 bridgehead atoms. The maximum absolute atomic E-state index is 4.84. The topological polar surface area (TPSA) is 29.6 Å². The third-order valence-corrected chi connectivity index (χ3v) is 5.35. The molecule has 24 heavy (non-hydrogen) atoms. The lowest BCUT2D eigenvalue weighted by Crippen LogP contribution is -2.14. The van der Waals surface area contributed by atoms with Crippen molar-refractivity contribution in [2.24, 2.45) is 10.1 Å². The van der Waals surface area contributed by atoms with Gasteiger partial charge in [-0.15, -0.1) is 29.3 Å². The molecule has 0 saturated carbocycles. The average Bonchev–Trinajstić information content (AvgIpc) is 3.24. The van der Waals surface area contributed by atoms with Gasteiger partial charge in [0.15, 0.2) is 0 Å². The van der Waals surface area contributed by atoms with E-state index in [9.17, 15) is 0 Å². The summed E-state index contributed by atoms with van der Waals surface area (Å²) in [6.07, 6.45) is 1.80. The number of hydrogen-bond acceptors (Lipinski definition) is 4. The molecule has 0 radical (unpaired) electrons. The zero-order valence-electron chi connectivity index (χ0n) is 13.8. The molecule has 122 valence electrons. The molecular weight excluding hydrogens is 334 g/mol. The fraction of sp³-hybridized carbons (Fsp3) is 0.158. The van der Waals surface area contributed by atoms with Gasteiger partial charge in [-0.2, -0.15) is 5.10 Å². The van der Waals surface area contributed by atoms with Crippen LogP contribution in [0.15, 0.2) is 69.9 Å². The van der Waals surface area contributed by atoms with Gasteiger partial charge in [0.05, 0.1) is 22.8 Å². The van der Waals surface area contributed by atoms with Crippen molar-refractivity contribution < 1.29 is 0 Å². The molecule has 0 aliphatic carbocycles. The van der Waals surface area contributed by atoms with E-state index in [4.69, 9.17) is 5.10 Å². The van der Waals surface area contributed by atoms with Crippen molar-refractivity contribution in [1.82, 2.24) is 4.68 Å². The van der Waals surface area contributed by atoms with Gasteiger partial charge in [0.25, 0.3) is 0 Å². The van der Waals surface area contributed by atoms with Crippen LogP contribution >= 0.6 is 22.7 Å². The molecule has 3 rings (SSSR count). The second kappa shape index (κ2) is 7.55. The number of nitrogens with zero attached hydrogens (tertiary/aromatic N) is 3. The van der Waals surface area contributed by atoms with E-state index in [-0.39, 0.29) is 0 Å². The van der Waals surface area contributed by atoms with E-state index in [1.165, 1.54) is 10.4 Å². The molecule has 2 heterocycles. The molecule has 0 atom stereocenters. The van der Waals surface area contributed by atoms with Crippen molar-refractivity contribution in [3.8, 4) is 11.3 Å². The van der Waals surface area contributed by atoms with Gasteiger partial charge < -0.3 is 0 Å². The average molecular weight is 354 g/mol. The van der Waals surface area contributed by atoms with Gasteiger partial charge in [0.2, 0.25) is 4.80 Å². The van der Waals surface area contributed by atoms with Crippen molar-refractivity contribution in [2.45, 2.75) is 13.8 Å². The molecule has 5 heteroatoms. The molecule has 0 unspecified atom stereocenters. The lowest BCUT2D eigenvalue weighted by molar-refractivity contribution is 0.835. The normalized spacial score (nSPS) is 12.6. The molecule has 0 N–H and O–H groups in total. The zero-order chi connectivity index (χ0) is 16.9. The molecular formula is C19H19N3S2. The smallest absolute Gasteiger partial charge is 0.206 e. The predicted molar refractivity (Wildman–Crippen MR) is 105 cm³/mol. The summed E-state index contributed by atoms with van der Waals surface area (Å²) in [7, 11) is 0. The molecule has 0 aliphatic heterocycles. The minimum absolute atomic E-state index is 0.585. The number of aromatic nitrogens is 1. The van der Waals surface area contributed by atoms with E-state index in [1.54, 1.807) is 28.7 Å². The van der Waals surface area contributed by atoms with Crippen molar-refractivity contribution in [3.05, 3.63) is 75.1 Å². The minimum atomic E-state index is 0.585. The largest absolute Gasteiger partial charge is 0.253 e. The monoisotopic (exact) mass is 353 g/mol. The highest BCUT2D eigenvalue weighted by atomic mass is 32.1. The van der Waals surface area contributed by atoms with Crippen LogP contribution in [0.2, 0.25) is 0 Å². The van der Waals surface area contributed by atoms with Crippen molar-refractivity contribution >= 4 is 28.4 Å². The Morgan fingerprint density at radius 1 is 1.21 bits per heavy atom. The van der Waals surface area contributed by atoms with Gasteiger partial charge in [0.1, 0.15) is 0 Å². The fourth-order valence-electron chi connectivity index (χ4n) is 2.25. The van der Waals surface area contributed by atoms with Crippen LogP contribution in [0, 0.1) is 6.92 Å². The summed E-state index contributed by atoms with van der Waals surface area (Å²) in [6, 6.07) is 12.6. The number of thiazole rings is 1. The SMILES string of the molecule is C=CCN=c1scc(-c2ccc(C)cc2)n1N=C(C)c1cccs1. The number of hydrogen-bond donors (Lipinski definition) is 0. The molecule has 3 aromatic rings. The first-order valence-electron chi connectivity index (χ1n) is 7.67. The standard InChI is InChI=1S/C19H19N3S2/c1-4-11-20-19-22(21-15(3)18-6-5-12-23-18)17(13-24-19)16-9-7-14(2)8-10-16/h4-10,12-13H,1,11H2,2-3H3. The zero-order valence-corrected chi connectivity index (χ0v) is 15.4. The van der Waals surface area contributed by atoms with Gasteiger partial charge in [-0.05, 0) is 25.3 Å². The van der Waals surface area contributed by atoms with Crippen LogP contribution in [0.25, 0.3) is 11.3 Å². The summed E-state index contributed by atoms with van der Waals surface area (Å²) in [5.41, 5.74) is 4.42. The van der Waals surface area contributed by atoms with Crippen LogP contribution in [0.3, 0.4) is 0 Å². The van der Waals surface area contributed by atoms with Crippen molar-refractivity contribution in [2.75, 3.05) is 6.54 Å². The van der Waals surface area contributed by atoms with Gasteiger partial charge in [-0.1, -0.05) is 42.0 Å². The lowest BCUT2D eigenvalue weighted by atomic mass is 10.1. The van der Waals surface area contributed by atoms with Gasteiger partial charge in [0, 0.05) is 10.9 Å². The fourth-order valence-corrected chi connectivity index (χ4v) is 3.77. The van der Waals surface area contributed by atoms with Crippen molar-refractivity contribution in [1.29, 1.82) is 0 Å². The van der Waals surface area contributed by atoms with Gasteiger partial charge >= 0.3 is 0 Å². The molecule has 0 aliphatic rings. The minimum Gasteiger partial charge on any atom is -0.253 e. The summed E-state index contributed by atoms with van der Waals surface area (Å²) in [4.78, 5) is 6.62. The van der Waals surface area contributed by atoms with E-state index >= 15 is 0 Å². The molecule has 0 spiro atoms. The number of thiophene rings is 1. The first-order valence-corrected chi connectivity index (χ1v) is 9.43. The molecule has 0 saturated heterocycles. The van der Waals surface area contributed by atoms with E-state index in [0.29, 0.717) is 6.54 Å². The maximum atomic E-state index is 4.84. The number of benzene rings is 1. The number of aryl methyl sites for hydroxylation is 1. The summed E-state index contributed by atoms with van der Waals surface area (Å²) in [5.74, 6) is 0. The molecule has 0 amide bonds. The van der Waals surface area contributed by atoms with E-state index in [1.807, 2.05) is 17.7 Å². The summed E-state index contributed by atoms with van der Waals surface area (Å²) in [6.45, 7) is 8.46. The molecule has 1 aromatic carbocycles. The Labute approximate surface area is 150 Å².